The molecule has 2 aromatic heterocycles. The molecule has 0 N–H and O–H groups in total. The van der Waals surface area contributed by atoms with E-state index in [2.05, 4.69) is 70.9 Å². The van der Waals surface area contributed by atoms with Gasteiger partial charge >= 0.3 is 0 Å². The largest absolute Gasteiger partial charge is 0.255 e. The van der Waals surface area contributed by atoms with Crippen LogP contribution in [0.4, 0.5) is 0 Å². The zero-order chi connectivity index (χ0) is 31.8. The van der Waals surface area contributed by atoms with E-state index >= 15 is 0 Å². The first-order valence-electron chi connectivity index (χ1n) is 19.2. The van der Waals surface area contributed by atoms with Crippen LogP contribution in [0.3, 0.4) is 0 Å². The fourth-order valence-electron chi connectivity index (χ4n) is 6.73. The maximum absolute atomic E-state index is 4.77. The molecule has 0 spiro atoms. The van der Waals surface area contributed by atoms with E-state index in [1.807, 2.05) is 6.20 Å². The van der Waals surface area contributed by atoms with Crippen LogP contribution < -0.4 is 10.5 Å². The van der Waals surface area contributed by atoms with Gasteiger partial charge in [-0.25, -0.2) is 0 Å². The van der Waals surface area contributed by atoms with Crippen LogP contribution in [0.25, 0.3) is 11.4 Å². The van der Waals surface area contributed by atoms with Gasteiger partial charge in [-0.1, -0.05) is 175 Å². The molecule has 0 aliphatic heterocycles. The van der Waals surface area contributed by atoms with Gasteiger partial charge in [-0.15, -0.1) is 5.10 Å². The summed E-state index contributed by atoms with van der Waals surface area (Å²) in [6.45, 7) is 14.4. The average Bonchev–Trinajstić information content (AvgIpc) is 3.02. The second kappa shape index (κ2) is 24.8. The van der Waals surface area contributed by atoms with Crippen LogP contribution in [0.5, 0.6) is 0 Å². The Labute approximate surface area is 278 Å². The van der Waals surface area contributed by atoms with Crippen LogP contribution in [0, 0.1) is 23.7 Å². The summed E-state index contributed by atoms with van der Waals surface area (Å²) in [5.41, 5.74) is 2.07. The highest BCUT2D eigenvalue weighted by Gasteiger charge is 2.12. The Bertz CT molecular complexity index is 951. The van der Waals surface area contributed by atoms with Crippen molar-refractivity contribution < 1.29 is 0 Å². The number of pyridine rings is 1. The third kappa shape index (κ3) is 18.0. The molecule has 4 atom stereocenters. The lowest BCUT2D eigenvalue weighted by molar-refractivity contribution is 0.400. The van der Waals surface area contributed by atoms with E-state index in [9.17, 15) is 0 Å². The minimum Gasteiger partial charge on any atom is -0.255 e. The Morgan fingerprint density at radius 2 is 1.14 bits per heavy atom. The molecule has 0 radical (unpaired) electrons. The number of unbranched alkanes of at least 4 members (excludes halogenated alkanes) is 6. The standard InChI is InChI=1S/C39H71N3Si2/c1-7-9-12-19-32(3)21-14-11-15-22-35(6)31-44-38-28-27-36(41-42-38)39-37(26-17-29-40-39)43-30-18-25-34(5)24-16-23-33(4)20-13-10-8-2/h17,26-29,32-35H,7-16,18-25,30-31,43-44H2,1-6H3. The van der Waals surface area contributed by atoms with Gasteiger partial charge in [0.25, 0.3) is 0 Å². The van der Waals surface area contributed by atoms with Gasteiger partial charge in [0.2, 0.25) is 0 Å². The Morgan fingerprint density at radius 3 is 1.73 bits per heavy atom. The lowest BCUT2D eigenvalue weighted by Gasteiger charge is -2.14. The fraction of sp³-hybridized carbons (Fsp3) is 0.769. The molecule has 0 saturated heterocycles. The topological polar surface area (TPSA) is 38.7 Å². The van der Waals surface area contributed by atoms with Gasteiger partial charge in [-0.3, -0.25) is 4.98 Å². The summed E-state index contributed by atoms with van der Waals surface area (Å²) in [6.07, 6.45) is 27.1. The lowest BCUT2D eigenvalue weighted by Crippen LogP contribution is -2.23. The molecular weight excluding hydrogens is 567 g/mol. The van der Waals surface area contributed by atoms with Crippen molar-refractivity contribution in [3.8, 4) is 11.4 Å². The molecule has 0 aromatic carbocycles. The molecule has 0 aliphatic carbocycles. The van der Waals surface area contributed by atoms with Crippen molar-refractivity contribution in [2.24, 2.45) is 23.7 Å². The Balaban J connectivity index is 1.65. The van der Waals surface area contributed by atoms with E-state index in [1.165, 1.54) is 138 Å². The van der Waals surface area contributed by atoms with Gasteiger partial charge in [-0.2, -0.15) is 5.10 Å². The van der Waals surface area contributed by atoms with E-state index < -0.39 is 0 Å². The van der Waals surface area contributed by atoms with Crippen molar-refractivity contribution in [3.05, 3.63) is 30.5 Å². The number of hydrogen-bond donors (Lipinski definition) is 0. The first-order chi connectivity index (χ1) is 21.4. The summed E-state index contributed by atoms with van der Waals surface area (Å²) in [6, 6.07) is 11.6. The van der Waals surface area contributed by atoms with Gasteiger partial charge < -0.3 is 0 Å². The second-order valence-electron chi connectivity index (χ2n) is 14.7. The van der Waals surface area contributed by atoms with Crippen LogP contribution >= 0.6 is 0 Å². The van der Waals surface area contributed by atoms with Crippen LogP contribution in [0.1, 0.15) is 157 Å². The molecule has 0 aliphatic rings. The molecule has 0 fully saturated rings. The molecule has 2 rings (SSSR count). The second-order valence-corrected chi connectivity index (χ2v) is 18.5. The minimum absolute atomic E-state index is 0.345. The van der Waals surface area contributed by atoms with Crippen molar-refractivity contribution in [3.63, 3.8) is 0 Å². The van der Waals surface area contributed by atoms with E-state index in [4.69, 9.17) is 10.1 Å². The fourth-order valence-corrected chi connectivity index (χ4v) is 10.00. The molecule has 2 aromatic rings. The van der Waals surface area contributed by atoms with Crippen LogP contribution in [-0.2, 0) is 0 Å². The first-order valence-corrected chi connectivity index (χ1v) is 22.6. The van der Waals surface area contributed by atoms with Crippen molar-refractivity contribution in [2.75, 3.05) is 0 Å². The van der Waals surface area contributed by atoms with Crippen molar-refractivity contribution in [1.29, 1.82) is 0 Å². The highest BCUT2D eigenvalue weighted by Crippen LogP contribution is 2.21. The third-order valence-corrected chi connectivity index (χ3v) is 14.2. The van der Waals surface area contributed by atoms with Crippen LogP contribution in [0.2, 0.25) is 12.1 Å². The highest BCUT2D eigenvalue weighted by atomic mass is 28.2. The third-order valence-electron chi connectivity index (χ3n) is 10.0. The van der Waals surface area contributed by atoms with Crippen LogP contribution in [-0.4, -0.2) is 34.2 Å². The summed E-state index contributed by atoms with van der Waals surface area (Å²) in [4.78, 5) is 4.77. The lowest BCUT2D eigenvalue weighted by atomic mass is 9.93. The quantitative estimate of drug-likeness (QED) is 0.0723. The average molecular weight is 638 g/mol. The van der Waals surface area contributed by atoms with E-state index in [-0.39, 0.29) is 19.0 Å². The maximum atomic E-state index is 4.77. The maximum Gasteiger partial charge on any atom is 0.111 e. The molecule has 0 bridgehead atoms. The van der Waals surface area contributed by atoms with Gasteiger partial charge in [0.1, 0.15) is 5.69 Å². The van der Waals surface area contributed by atoms with E-state index in [0.717, 1.165) is 35.1 Å². The molecule has 5 heteroatoms. The van der Waals surface area contributed by atoms with Crippen molar-refractivity contribution in [1.82, 2.24) is 15.2 Å². The van der Waals surface area contributed by atoms with Crippen molar-refractivity contribution >= 4 is 29.5 Å². The number of nitrogens with zero attached hydrogens (tertiary/aromatic N) is 3. The number of hydrogen-bond acceptors (Lipinski definition) is 3. The predicted octanol–water partition coefficient (Wildman–Crippen LogP) is 9.57. The predicted molar refractivity (Wildman–Crippen MR) is 202 cm³/mol. The SMILES string of the molecule is CCCCCC(C)CCCCCC(C)C[SiH2]c1ccc(-c2ncccc2[SiH2]CCCC(C)CCCC(C)CCCCC)nn1. The molecule has 2 heterocycles. The normalized spacial score (nSPS) is 15.0. The van der Waals surface area contributed by atoms with Gasteiger partial charge in [0, 0.05) is 11.5 Å². The Morgan fingerprint density at radius 1 is 0.568 bits per heavy atom. The Hall–Kier alpha value is -1.34. The van der Waals surface area contributed by atoms with Gasteiger partial charge in [0.05, 0.1) is 24.7 Å². The molecule has 3 nitrogen and oxygen atoms in total. The van der Waals surface area contributed by atoms with Gasteiger partial charge in [0.15, 0.2) is 0 Å². The number of aromatic nitrogens is 3. The zero-order valence-corrected chi connectivity index (χ0v) is 32.9. The monoisotopic (exact) mass is 638 g/mol. The molecule has 0 amide bonds. The molecule has 0 saturated carbocycles. The first kappa shape index (κ1) is 38.8. The molecule has 250 valence electrons. The summed E-state index contributed by atoms with van der Waals surface area (Å²) in [5, 5.41) is 12.1. The molecule has 4 unspecified atom stereocenters. The Kier molecular flexibility index (Phi) is 21.9. The minimum atomic E-state index is -0.355. The van der Waals surface area contributed by atoms with Crippen LogP contribution in [0.15, 0.2) is 30.5 Å². The molecular formula is C39H71N3Si2. The van der Waals surface area contributed by atoms with Crippen molar-refractivity contribution in [2.45, 2.75) is 169 Å². The summed E-state index contributed by atoms with van der Waals surface area (Å²) < 4.78 is 0. The van der Waals surface area contributed by atoms with E-state index in [0.29, 0.717) is 0 Å². The van der Waals surface area contributed by atoms with Gasteiger partial charge in [-0.05, 0) is 47.1 Å². The molecule has 44 heavy (non-hydrogen) atoms. The summed E-state index contributed by atoms with van der Waals surface area (Å²) >= 11 is 0. The summed E-state index contributed by atoms with van der Waals surface area (Å²) in [7, 11) is -0.700. The van der Waals surface area contributed by atoms with E-state index in [1.54, 1.807) is 0 Å². The summed E-state index contributed by atoms with van der Waals surface area (Å²) in [5.74, 6) is 3.51. The zero-order valence-electron chi connectivity index (χ0n) is 30.1. The smallest absolute Gasteiger partial charge is 0.111 e. The highest BCUT2D eigenvalue weighted by molar-refractivity contribution is 6.55. The number of rotatable bonds is 27.